The van der Waals surface area contributed by atoms with Gasteiger partial charge in [-0.05, 0) is 26.7 Å². The van der Waals surface area contributed by atoms with Crippen LogP contribution in [0.5, 0.6) is 0 Å². The van der Waals surface area contributed by atoms with Crippen LogP contribution in [-0.2, 0) is 4.79 Å². The molecule has 0 aromatic carbocycles. The Morgan fingerprint density at radius 1 is 1.73 bits per heavy atom. The van der Waals surface area contributed by atoms with Crippen molar-refractivity contribution in [1.29, 1.82) is 0 Å². The summed E-state index contributed by atoms with van der Waals surface area (Å²) in [7, 11) is 0. The Labute approximate surface area is 66.7 Å². The predicted octanol–water partition coefficient (Wildman–Crippen LogP) is 1.23. The van der Waals surface area contributed by atoms with E-state index in [9.17, 15) is 4.79 Å². The number of rotatable bonds is 0. The quantitative estimate of drug-likeness (QED) is 0.554. The highest BCUT2D eigenvalue weighted by Crippen LogP contribution is 2.44. The molecule has 1 aliphatic carbocycles. The van der Waals surface area contributed by atoms with Crippen molar-refractivity contribution in [2.24, 2.45) is 5.92 Å². The van der Waals surface area contributed by atoms with Gasteiger partial charge in [-0.3, -0.25) is 4.79 Å². The summed E-state index contributed by atoms with van der Waals surface area (Å²) in [5.41, 5.74) is 1.35. The summed E-state index contributed by atoms with van der Waals surface area (Å²) in [6.07, 6.45) is 4.10. The molecule has 1 N–H and O–H groups in total. The standard InChI is InChI=1S/C9H13NO/c1-6-5-8(11)10-9(2)4-3-7(6)9/h5,7H,3-4H2,1-2H3,(H,10,11). The lowest BCUT2D eigenvalue weighted by Crippen LogP contribution is -2.60. The van der Waals surface area contributed by atoms with Crippen molar-refractivity contribution in [2.75, 3.05) is 0 Å². The van der Waals surface area contributed by atoms with Gasteiger partial charge in [-0.25, -0.2) is 0 Å². The van der Waals surface area contributed by atoms with Gasteiger partial charge in [0.05, 0.1) is 0 Å². The summed E-state index contributed by atoms with van der Waals surface area (Å²) in [5.74, 6) is 0.696. The minimum Gasteiger partial charge on any atom is -0.347 e. The molecule has 2 nitrogen and oxygen atoms in total. The number of nitrogens with one attached hydrogen (secondary N) is 1. The van der Waals surface area contributed by atoms with Crippen LogP contribution in [0.4, 0.5) is 0 Å². The van der Waals surface area contributed by atoms with E-state index in [1.54, 1.807) is 6.08 Å². The SMILES string of the molecule is CC1=CC(=O)NC2(C)CCC12. The van der Waals surface area contributed by atoms with Gasteiger partial charge in [0.15, 0.2) is 0 Å². The van der Waals surface area contributed by atoms with Crippen molar-refractivity contribution in [3.63, 3.8) is 0 Å². The number of carbonyl (C=O) groups excluding carboxylic acids is 1. The van der Waals surface area contributed by atoms with E-state index < -0.39 is 0 Å². The zero-order chi connectivity index (χ0) is 8.06. The fraction of sp³-hybridized carbons (Fsp3) is 0.667. The maximum absolute atomic E-state index is 11.1. The normalized spacial score (nSPS) is 41.8. The van der Waals surface area contributed by atoms with Crippen LogP contribution < -0.4 is 5.32 Å². The van der Waals surface area contributed by atoms with Gasteiger partial charge in [-0.2, -0.15) is 0 Å². The fourth-order valence-corrected chi connectivity index (χ4v) is 2.23. The van der Waals surface area contributed by atoms with Crippen LogP contribution in [0.25, 0.3) is 0 Å². The second-order valence-electron chi connectivity index (χ2n) is 3.89. The highest BCUT2D eigenvalue weighted by Gasteiger charge is 2.46. The monoisotopic (exact) mass is 151 g/mol. The van der Waals surface area contributed by atoms with Crippen molar-refractivity contribution in [3.05, 3.63) is 11.6 Å². The summed E-state index contributed by atoms with van der Waals surface area (Å²) in [5, 5.41) is 3.01. The third-order valence-corrected chi connectivity index (χ3v) is 3.04. The first-order valence-electron chi connectivity index (χ1n) is 4.12. The van der Waals surface area contributed by atoms with Crippen LogP contribution >= 0.6 is 0 Å². The third kappa shape index (κ3) is 0.817. The van der Waals surface area contributed by atoms with Crippen LogP contribution in [-0.4, -0.2) is 11.4 Å². The Kier molecular flexibility index (Phi) is 1.17. The predicted molar refractivity (Wildman–Crippen MR) is 43.0 cm³/mol. The van der Waals surface area contributed by atoms with E-state index in [0.717, 1.165) is 6.42 Å². The van der Waals surface area contributed by atoms with Gasteiger partial charge in [0.2, 0.25) is 5.91 Å². The van der Waals surface area contributed by atoms with Crippen LogP contribution in [0.1, 0.15) is 26.7 Å². The lowest BCUT2D eigenvalue weighted by Gasteiger charge is -2.50. The highest BCUT2D eigenvalue weighted by molar-refractivity contribution is 5.90. The largest absolute Gasteiger partial charge is 0.347 e. The highest BCUT2D eigenvalue weighted by atomic mass is 16.1. The average Bonchev–Trinajstić information content (AvgIpc) is 1.81. The Hall–Kier alpha value is -0.790. The number of hydrogen-bond donors (Lipinski definition) is 1. The molecular formula is C9H13NO. The topological polar surface area (TPSA) is 29.1 Å². The summed E-state index contributed by atoms with van der Waals surface area (Å²) in [6, 6.07) is 0. The van der Waals surface area contributed by atoms with Crippen LogP contribution in [0.15, 0.2) is 11.6 Å². The Balaban J connectivity index is 2.32. The number of fused-ring (bicyclic) bond motifs is 1. The minimum absolute atomic E-state index is 0.0842. The molecule has 0 bridgehead atoms. The molecular weight excluding hydrogens is 138 g/mol. The molecule has 0 saturated heterocycles. The first-order chi connectivity index (χ1) is 5.12. The maximum atomic E-state index is 11.1. The Morgan fingerprint density at radius 2 is 2.45 bits per heavy atom. The molecule has 60 valence electrons. The molecule has 0 spiro atoms. The minimum atomic E-state index is 0.0842. The van der Waals surface area contributed by atoms with Crippen molar-refractivity contribution in [1.82, 2.24) is 5.32 Å². The van der Waals surface area contributed by atoms with Crippen molar-refractivity contribution < 1.29 is 4.79 Å². The summed E-state index contributed by atoms with van der Waals surface area (Å²) < 4.78 is 0. The van der Waals surface area contributed by atoms with Gasteiger partial charge >= 0.3 is 0 Å². The van der Waals surface area contributed by atoms with Crippen molar-refractivity contribution >= 4 is 5.91 Å². The lowest BCUT2D eigenvalue weighted by molar-refractivity contribution is -0.121. The Bertz CT molecular complexity index is 244. The molecule has 11 heavy (non-hydrogen) atoms. The average molecular weight is 151 g/mol. The molecule has 2 rings (SSSR count). The number of amides is 1. The molecule has 2 atom stereocenters. The fourth-order valence-electron chi connectivity index (χ4n) is 2.23. The van der Waals surface area contributed by atoms with Crippen LogP contribution in [0, 0.1) is 5.92 Å². The maximum Gasteiger partial charge on any atom is 0.244 e. The molecule has 1 saturated carbocycles. The van der Waals surface area contributed by atoms with E-state index >= 15 is 0 Å². The molecule has 1 heterocycles. The number of hydrogen-bond acceptors (Lipinski definition) is 1. The summed E-state index contributed by atoms with van der Waals surface area (Å²) >= 11 is 0. The van der Waals surface area contributed by atoms with E-state index in [1.165, 1.54) is 12.0 Å². The number of carbonyl (C=O) groups is 1. The van der Waals surface area contributed by atoms with E-state index in [-0.39, 0.29) is 11.4 Å². The molecule has 0 aromatic rings. The summed E-state index contributed by atoms with van der Waals surface area (Å²) in [6.45, 7) is 4.19. The zero-order valence-corrected chi connectivity index (χ0v) is 6.98. The second-order valence-corrected chi connectivity index (χ2v) is 3.89. The first-order valence-corrected chi connectivity index (χ1v) is 4.12. The molecule has 2 aliphatic rings. The van der Waals surface area contributed by atoms with Gasteiger partial charge in [-0.1, -0.05) is 5.57 Å². The van der Waals surface area contributed by atoms with E-state index in [2.05, 4.69) is 19.2 Å². The van der Waals surface area contributed by atoms with Crippen molar-refractivity contribution in [2.45, 2.75) is 32.2 Å². The molecule has 1 amide bonds. The molecule has 1 aliphatic heterocycles. The van der Waals surface area contributed by atoms with Gasteiger partial charge in [0.25, 0.3) is 0 Å². The van der Waals surface area contributed by atoms with Gasteiger partial charge in [0.1, 0.15) is 0 Å². The molecule has 1 fully saturated rings. The lowest BCUT2D eigenvalue weighted by atomic mass is 9.63. The smallest absolute Gasteiger partial charge is 0.244 e. The van der Waals surface area contributed by atoms with Gasteiger partial charge < -0.3 is 5.32 Å². The van der Waals surface area contributed by atoms with Gasteiger partial charge in [0, 0.05) is 17.5 Å². The molecule has 0 radical (unpaired) electrons. The molecule has 2 unspecified atom stereocenters. The summed E-state index contributed by atoms with van der Waals surface area (Å²) in [4.78, 5) is 11.1. The molecule has 2 heteroatoms. The first kappa shape index (κ1) is 6.89. The van der Waals surface area contributed by atoms with E-state index in [1.807, 2.05) is 0 Å². The molecule has 0 aromatic heterocycles. The van der Waals surface area contributed by atoms with E-state index in [0.29, 0.717) is 5.92 Å². The van der Waals surface area contributed by atoms with E-state index in [4.69, 9.17) is 0 Å². The van der Waals surface area contributed by atoms with Gasteiger partial charge in [-0.15, -0.1) is 0 Å². The van der Waals surface area contributed by atoms with Crippen molar-refractivity contribution in [3.8, 4) is 0 Å². The Morgan fingerprint density at radius 3 is 2.91 bits per heavy atom. The third-order valence-electron chi connectivity index (χ3n) is 3.04. The van der Waals surface area contributed by atoms with Crippen LogP contribution in [0.3, 0.4) is 0 Å². The zero-order valence-electron chi connectivity index (χ0n) is 6.98. The second kappa shape index (κ2) is 1.87. The van der Waals surface area contributed by atoms with Crippen LogP contribution in [0.2, 0.25) is 0 Å².